The van der Waals surface area contributed by atoms with Crippen LogP contribution >= 0.6 is 0 Å². The van der Waals surface area contributed by atoms with Gasteiger partial charge < -0.3 is 24.3 Å². The standard InChI is InChI=1S/C17H22N4O5/c1-17(2,3)26-16(25)19-11-6-12(20(4)9-11)14(22)18-10-7-13(15(23)24)21(5)8-10/h6-9H,1-5H3,(H,18,22)(H,19,25)(H,23,24)/p+1. The van der Waals surface area contributed by atoms with Gasteiger partial charge in [-0.05, 0) is 26.8 Å². The fourth-order valence-corrected chi connectivity index (χ4v) is 2.40. The number of hydrogen-bond donors (Lipinski definition) is 3. The predicted octanol–water partition coefficient (Wildman–Crippen LogP) is 1.44. The maximum absolute atomic E-state index is 12.4. The molecule has 0 saturated heterocycles. The first-order valence-corrected chi connectivity index (χ1v) is 7.91. The summed E-state index contributed by atoms with van der Waals surface area (Å²) in [5.74, 6) is -1.50. The SMILES string of the molecule is Cn1cc(NC(=O)c2cc([NH2+]C(=O)OC(C)(C)C)cn2C)cc1C(=O)O. The van der Waals surface area contributed by atoms with Crippen molar-refractivity contribution in [3.63, 3.8) is 0 Å². The monoisotopic (exact) mass is 363 g/mol. The number of carbonyl (C=O) groups is 3. The van der Waals surface area contributed by atoms with Crippen molar-refractivity contribution in [2.24, 2.45) is 14.1 Å². The van der Waals surface area contributed by atoms with Crippen molar-refractivity contribution in [1.29, 1.82) is 0 Å². The summed E-state index contributed by atoms with van der Waals surface area (Å²) in [6.45, 7) is 5.32. The molecule has 0 fully saturated rings. The minimum Gasteiger partial charge on any atom is -0.477 e. The average Bonchev–Trinajstić information content (AvgIpc) is 2.99. The molecular formula is C17H23N4O5+. The summed E-state index contributed by atoms with van der Waals surface area (Å²) in [6, 6.07) is 2.93. The number of carboxylic acid groups (broad SMARTS) is 1. The molecule has 0 unspecified atom stereocenters. The third kappa shape index (κ3) is 4.73. The average molecular weight is 363 g/mol. The third-order valence-electron chi connectivity index (χ3n) is 3.43. The van der Waals surface area contributed by atoms with Crippen LogP contribution in [0.2, 0.25) is 0 Å². The Labute approximate surface area is 150 Å². The number of carbonyl (C=O) groups excluding carboxylic acids is 2. The van der Waals surface area contributed by atoms with Crippen molar-refractivity contribution in [2.45, 2.75) is 26.4 Å². The number of nitrogens with zero attached hydrogens (tertiary/aromatic N) is 2. The fourth-order valence-electron chi connectivity index (χ4n) is 2.40. The molecule has 2 amide bonds. The summed E-state index contributed by atoms with van der Waals surface area (Å²) in [7, 11) is 3.25. The molecule has 0 saturated carbocycles. The van der Waals surface area contributed by atoms with E-state index in [2.05, 4.69) is 5.32 Å². The zero-order valence-electron chi connectivity index (χ0n) is 15.4. The smallest absolute Gasteiger partial charge is 0.477 e. The van der Waals surface area contributed by atoms with Crippen LogP contribution < -0.4 is 10.6 Å². The predicted molar refractivity (Wildman–Crippen MR) is 93.6 cm³/mol. The van der Waals surface area contributed by atoms with E-state index in [0.717, 1.165) is 0 Å². The van der Waals surface area contributed by atoms with Gasteiger partial charge >= 0.3 is 12.1 Å². The highest BCUT2D eigenvalue weighted by Crippen LogP contribution is 2.16. The van der Waals surface area contributed by atoms with Crippen LogP contribution in [0.25, 0.3) is 0 Å². The number of amides is 2. The van der Waals surface area contributed by atoms with Gasteiger partial charge in [-0.1, -0.05) is 0 Å². The zero-order valence-corrected chi connectivity index (χ0v) is 15.4. The molecule has 2 aromatic rings. The molecule has 0 spiro atoms. The lowest BCUT2D eigenvalue weighted by Crippen LogP contribution is -2.82. The summed E-state index contributed by atoms with van der Waals surface area (Å²) in [5, 5.41) is 13.0. The second kappa shape index (κ2) is 7.04. The number of nitrogens with one attached hydrogen (secondary N) is 1. The van der Waals surface area contributed by atoms with Crippen LogP contribution in [-0.2, 0) is 18.8 Å². The number of anilines is 1. The van der Waals surface area contributed by atoms with Gasteiger partial charge in [0.05, 0.1) is 11.9 Å². The summed E-state index contributed by atoms with van der Waals surface area (Å²) in [5.41, 5.74) is 0.684. The lowest BCUT2D eigenvalue weighted by Gasteiger charge is -2.16. The molecule has 2 heterocycles. The van der Waals surface area contributed by atoms with E-state index in [-0.39, 0.29) is 5.69 Å². The molecule has 0 aliphatic heterocycles. The Kier molecular flexibility index (Phi) is 5.22. The third-order valence-corrected chi connectivity index (χ3v) is 3.43. The number of ether oxygens (including phenoxy) is 1. The first-order chi connectivity index (χ1) is 12.0. The number of quaternary nitrogens is 1. The minimum atomic E-state index is -1.08. The van der Waals surface area contributed by atoms with Crippen LogP contribution in [0.15, 0.2) is 24.5 Å². The first kappa shape index (κ1) is 19.3. The highest BCUT2D eigenvalue weighted by atomic mass is 16.6. The van der Waals surface area contributed by atoms with Gasteiger partial charge in [-0.15, -0.1) is 0 Å². The second-order valence-corrected chi connectivity index (χ2v) is 6.93. The fraction of sp³-hybridized carbons (Fsp3) is 0.353. The van der Waals surface area contributed by atoms with Gasteiger partial charge in [-0.25, -0.2) is 10.1 Å². The Balaban J connectivity index is 2.10. The number of hydrogen-bond acceptors (Lipinski definition) is 4. The van der Waals surface area contributed by atoms with E-state index in [1.807, 2.05) is 0 Å². The quantitative estimate of drug-likeness (QED) is 0.759. The van der Waals surface area contributed by atoms with E-state index in [1.165, 1.54) is 22.1 Å². The van der Waals surface area contributed by atoms with E-state index in [4.69, 9.17) is 9.84 Å². The second-order valence-electron chi connectivity index (χ2n) is 6.93. The Bertz CT molecular complexity index is 857. The van der Waals surface area contributed by atoms with Crippen molar-refractivity contribution in [3.8, 4) is 0 Å². The van der Waals surface area contributed by atoms with E-state index in [9.17, 15) is 14.4 Å². The van der Waals surface area contributed by atoms with Crippen LogP contribution in [0.1, 0.15) is 41.7 Å². The lowest BCUT2D eigenvalue weighted by atomic mass is 10.2. The van der Waals surface area contributed by atoms with Crippen molar-refractivity contribution in [1.82, 2.24) is 9.13 Å². The highest BCUT2D eigenvalue weighted by molar-refractivity contribution is 6.04. The summed E-state index contributed by atoms with van der Waals surface area (Å²) < 4.78 is 8.21. The van der Waals surface area contributed by atoms with E-state index >= 15 is 0 Å². The molecule has 26 heavy (non-hydrogen) atoms. The van der Waals surface area contributed by atoms with Gasteiger partial charge in [0.2, 0.25) is 0 Å². The van der Waals surface area contributed by atoms with Crippen molar-refractivity contribution < 1.29 is 29.5 Å². The Morgan fingerprint density at radius 3 is 2.23 bits per heavy atom. The number of nitrogens with two attached hydrogens (primary N) is 1. The number of aryl methyl sites for hydroxylation is 2. The maximum atomic E-state index is 12.4. The van der Waals surface area contributed by atoms with Crippen molar-refractivity contribution in [3.05, 3.63) is 35.9 Å². The lowest BCUT2D eigenvalue weighted by molar-refractivity contribution is -0.486. The summed E-state index contributed by atoms with van der Waals surface area (Å²) in [4.78, 5) is 35.4. The van der Waals surface area contributed by atoms with Crippen LogP contribution in [0, 0.1) is 0 Å². The van der Waals surface area contributed by atoms with Crippen LogP contribution in [0.4, 0.5) is 16.2 Å². The number of aromatic nitrogens is 2. The van der Waals surface area contributed by atoms with Crippen molar-refractivity contribution >= 4 is 29.3 Å². The molecule has 0 aromatic carbocycles. The van der Waals surface area contributed by atoms with Crippen LogP contribution in [-0.4, -0.2) is 37.8 Å². The zero-order chi connectivity index (χ0) is 19.6. The van der Waals surface area contributed by atoms with Crippen molar-refractivity contribution in [2.75, 3.05) is 5.32 Å². The molecule has 2 rings (SSSR count). The molecule has 0 atom stereocenters. The molecular weight excluding hydrogens is 340 g/mol. The minimum absolute atomic E-state index is 0.0612. The van der Waals surface area contributed by atoms with Crippen LogP contribution in [0.5, 0.6) is 0 Å². The Morgan fingerprint density at radius 1 is 1.08 bits per heavy atom. The molecule has 140 valence electrons. The molecule has 0 bridgehead atoms. The number of rotatable bonds is 4. The molecule has 9 nitrogen and oxygen atoms in total. The van der Waals surface area contributed by atoms with Gasteiger partial charge in [0.25, 0.3) is 5.91 Å². The van der Waals surface area contributed by atoms with Gasteiger partial charge in [-0.2, -0.15) is 4.79 Å². The Hall–Kier alpha value is -3.07. The van der Waals surface area contributed by atoms with E-state index < -0.39 is 23.6 Å². The maximum Gasteiger partial charge on any atom is 0.518 e. The van der Waals surface area contributed by atoms with E-state index in [1.54, 1.807) is 51.7 Å². The largest absolute Gasteiger partial charge is 0.518 e. The topological polar surface area (TPSA) is 119 Å². The summed E-state index contributed by atoms with van der Waals surface area (Å²) in [6.07, 6.45) is 2.65. The van der Waals surface area contributed by atoms with Crippen LogP contribution in [0.3, 0.4) is 0 Å². The van der Waals surface area contributed by atoms with Gasteiger partial charge in [0.15, 0.2) is 5.69 Å². The number of carboxylic acids is 1. The molecule has 9 heteroatoms. The number of primary amides is 1. The molecule has 4 N–H and O–H groups in total. The summed E-state index contributed by atoms with van der Waals surface area (Å²) >= 11 is 0. The van der Waals surface area contributed by atoms with Gasteiger partial charge in [0.1, 0.15) is 17.0 Å². The first-order valence-electron chi connectivity index (χ1n) is 7.91. The van der Waals surface area contributed by atoms with Gasteiger partial charge in [0, 0.05) is 26.4 Å². The Morgan fingerprint density at radius 2 is 1.69 bits per heavy atom. The highest BCUT2D eigenvalue weighted by Gasteiger charge is 2.22. The molecule has 2 aromatic heterocycles. The molecule has 0 radical (unpaired) electrons. The molecule has 0 aliphatic carbocycles. The number of aromatic carboxylic acids is 1. The molecule has 0 aliphatic rings. The van der Waals surface area contributed by atoms with Gasteiger partial charge in [-0.3, -0.25) is 4.79 Å². The normalized spacial score (nSPS) is 11.3. The van der Waals surface area contributed by atoms with E-state index in [0.29, 0.717) is 17.1 Å².